The summed E-state index contributed by atoms with van der Waals surface area (Å²) in [6.07, 6.45) is 0.245. The molecule has 0 heterocycles. The van der Waals surface area contributed by atoms with Gasteiger partial charge in [-0.15, -0.1) is 0 Å². The zero-order valence-electron chi connectivity index (χ0n) is 26.3. The van der Waals surface area contributed by atoms with Crippen molar-refractivity contribution in [3.05, 3.63) is 130 Å². The Morgan fingerprint density at radius 2 is 1.49 bits per heavy atom. The Kier molecular flexibility index (Phi) is 10.7. The number of anilines is 1. The molecule has 0 saturated heterocycles. The van der Waals surface area contributed by atoms with E-state index in [1.165, 1.54) is 29.2 Å². The summed E-state index contributed by atoms with van der Waals surface area (Å²) in [6.45, 7) is 9.05. The highest BCUT2D eigenvalue weighted by Gasteiger charge is 2.35. The molecule has 4 rings (SSSR count). The summed E-state index contributed by atoms with van der Waals surface area (Å²) >= 11 is 6.06. The molecule has 1 atom stereocenters. The summed E-state index contributed by atoms with van der Waals surface area (Å²) in [5.41, 5.74) is 3.30. The fourth-order valence-electron chi connectivity index (χ4n) is 5.02. The van der Waals surface area contributed by atoms with Crippen LogP contribution in [0.4, 0.5) is 5.69 Å². The van der Waals surface area contributed by atoms with Gasteiger partial charge < -0.3 is 10.2 Å². The Hall–Kier alpha value is -4.14. The largest absolute Gasteiger partial charge is 0.350 e. The highest BCUT2D eigenvalue weighted by Crippen LogP contribution is 2.27. The number of carbonyl (C=O) groups excluding carboxylic acids is 2. The van der Waals surface area contributed by atoms with Crippen molar-refractivity contribution >= 4 is 39.1 Å². The van der Waals surface area contributed by atoms with Crippen LogP contribution in [0, 0.1) is 13.8 Å². The quantitative estimate of drug-likeness (QED) is 0.197. The van der Waals surface area contributed by atoms with Crippen LogP contribution in [0.2, 0.25) is 5.02 Å². The van der Waals surface area contributed by atoms with Crippen molar-refractivity contribution < 1.29 is 18.0 Å². The number of carbonyl (C=O) groups is 2. The number of amides is 2. The van der Waals surface area contributed by atoms with Crippen molar-refractivity contribution in [2.75, 3.05) is 10.8 Å². The number of hydrogen-bond donors (Lipinski definition) is 1. The lowest BCUT2D eigenvalue weighted by atomic mass is 10.00. The summed E-state index contributed by atoms with van der Waals surface area (Å²) in [7, 11) is -4.20. The monoisotopic (exact) mass is 645 g/mol. The van der Waals surface area contributed by atoms with Crippen molar-refractivity contribution in [1.29, 1.82) is 0 Å². The van der Waals surface area contributed by atoms with E-state index in [4.69, 9.17) is 11.6 Å². The van der Waals surface area contributed by atoms with Crippen LogP contribution >= 0.6 is 11.6 Å². The first kappa shape index (κ1) is 33.7. The van der Waals surface area contributed by atoms with Gasteiger partial charge in [-0.25, -0.2) is 8.42 Å². The summed E-state index contributed by atoms with van der Waals surface area (Å²) in [6, 6.07) is 29.1. The van der Waals surface area contributed by atoms with E-state index in [0.29, 0.717) is 10.7 Å². The van der Waals surface area contributed by atoms with Crippen molar-refractivity contribution in [2.24, 2.45) is 0 Å². The molecule has 9 heteroatoms. The molecule has 0 aliphatic heterocycles. The summed E-state index contributed by atoms with van der Waals surface area (Å²) in [4.78, 5) is 30.1. The first-order valence-corrected chi connectivity index (χ1v) is 16.6. The normalized spacial score (nSPS) is 12.3. The summed E-state index contributed by atoms with van der Waals surface area (Å²) < 4.78 is 29.4. The van der Waals surface area contributed by atoms with Crippen LogP contribution in [0.15, 0.2) is 108 Å². The zero-order chi connectivity index (χ0) is 32.8. The highest BCUT2D eigenvalue weighted by atomic mass is 35.5. The Bertz CT molecular complexity index is 1740. The number of sulfonamides is 1. The van der Waals surface area contributed by atoms with Gasteiger partial charge in [0.1, 0.15) is 12.6 Å². The third-order valence-electron chi connectivity index (χ3n) is 7.34. The molecule has 45 heavy (non-hydrogen) atoms. The van der Waals surface area contributed by atoms with Crippen molar-refractivity contribution in [3.63, 3.8) is 0 Å². The smallest absolute Gasteiger partial charge is 0.264 e. The molecule has 0 bridgehead atoms. The van der Waals surface area contributed by atoms with Crippen LogP contribution in [0.1, 0.15) is 43.0 Å². The van der Waals surface area contributed by atoms with Crippen LogP contribution in [0.3, 0.4) is 0 Å². The Labute approximate surface area is 271 Å². The van der Waals surface area contributed by atoms with Gasteiger partial charge >= 0.3 is 0 Å². The Morgan fingerprint density at radius 1 is 0.844 bits per heavy atom. The molecule has 0 spiro atoms. The van der Waals surface area contributed by atoms with E-state index in [1.807, 2.05) is 95.3 Å². The Morgan fingerprint density at radius 3 is 2.11 bits per heavy atom. The van der Waals surface area contributed by atoms with Crippen LogP contribution in [0.25, 0.3) is 0 Å². The Balaban J connectivity index is 1.83. The third kappa shape index (κ3) is 8.96. The minimum absolute atomic E-state index is 0.00188. The molecule has 0 aliphatic rings. The van der Waals surface area contributed by atoms with Gasteiger partial charge in [0.2, 0.25) is 11.8 Å². The van der Waals surface area contributed by atoms with Crippen LogP contribution < -0.4 is 9.62 Å². The molecule has 236 valence electrons. The molecule has 0 saturated carbocycles. The number of hydrogen-bond acceptors (Lipinski definition) is 4. The van der Waals surface area contributed by atoms with Crippen molar-refractivity contribution in [3.8, 4) is 0 Å². The predicted octanol–water partition coefficient (Wildman–Crippen LogP) is 6.71. The van der Waals surface area contributed by atoms with Gasteiger partial charge in [0, 0.05) is 23.5 Å². The lowest BCUT2D eigenvalue weighted by Gasteiger charge is -2.35. The van der Waals surface area contributed by atoms with E-state index in [2.05, 4.69) is 5.32 Å². The first-order chi connectivity index (χ1) is 21.2. The number of aryl methyl sites for hydroxylation is 2. The van der Waals surface area contributed by atoms with E-state index in [9.17, 15) is 18.0 Å². The minimum Gasteiger partial charge on any atom is -0.350 e. The van der Waals surface area contributed by atoms with Gasteiger partial charge in [-0.1, -0.05) is 78.3 Å². The number of nitrogens with zero attached hydrogens (tertiary/aromatic N) is 2. The second-order valence-electron chi connectivity index (χ2n) is 12.2. The summed E-state index contributed by atoms with van der Waals surface area (Å²) in [5, 5.41) is 3.45. The number of nitrogens with one attached hydrogen (secondary N) is 1. The van der Waals surface area contributed by atoms with Crippen LogP contribution in [0.5, 0.6) is 0 Å². The lowest BCUT2D eigenvalue weighted by molar-refractivity contribution is -0.140. The molecule has 0 unspecified atom stereocenters. The van der Waals surface area contributed by atoms with E-state index in [-0.39, 0.29) is 23.8 Å². The van der Waals surface area contributed by atoms with E-state index in [1.54, 1.807) is 18.2 Å². The molecule has 7 nitrogen and oxygen atoms in total. The second-order valence-corrected chi connectivity index (χ2v) is 14.5. The number of rotatable bonds is 11. The maximum Gasteiger partial charge on any atom is 0.264 e. The molecule has 0 aromatic heterocycles. The maximum atomic E-state index is 14.6. The average Bonchev–Trinajstić information content (AvgIpc) is 2.98. The molecule has 0 fully saturated rings. The molecule has 1 N–H and O–H groups in total. The molecule has 4 aromatic rings. The predicted molar refractivity (Wildman–Crippen MR) is 181 cm³/mol. The lowest BCUT2D eigenvalue weighted by Crippen LogP contribution is -2.56. The van der Waals surface area contributed by atoms with Crippen molar-refractivity contribution in [2.45, 2.75) is 64.1 Å². The van der Waals surface area contributed by atoms with Gasteiger partial charge in [0.05, 0.1) is 10.6 Å². The molecular weight excluding hydrogens is 606 g/mol. The SMILES string of the molecule is Cc1cccc(N(CC(=O)N(Cc2ccccc2C)[C@@H](Cc2ccccc2)C(=O)NC(C)(C)C)S(=O)(=O)c2ccc(Cl)cc2)c1. The fourth-order valence-corrected chi connectivity index (χ4v) is 6.56. The molecule has 4 aromatic carbocycles. The number of halogens is 1. The fraction of sp³-hybridized carbons (Fsp3) is 0.278. The van der Waals surface area contributed by atoms with Crippen molar-refractivity contribution in [1.82, 2.24) is 10.2 Å². The average molecular weight is 646 g/mol. The first-order valence-electron chi connectivity index (χ1n) is 14.8. The van der Waals surface area contributed by atoms with Crippen LogP contribution in [-0.2, 0) is 32.6 Å². The molecular formula is C36H40ClN3O4S. The van der Waals surface area contributed by atoms with E-state index in [0.717, 1.165) is 26.6 Å². The minimum atomic E-state index is -4.20. The molecule has 2 amide bonds. The van der Waals surface area contributed by atoms with E-state index >= 15 is 0 Å². The van der Waals surface area contributed by atoms with Gasteiger partial charge in [-0.05, 0) is 93.3 Å². The highest BCUT2D eigenvalue weighted by molar-refractivity contribution is 7.92. The summed E-state index contributed by atoms with van der Waals surface area (Å²) in [5.74, 6) is -0.835. The zero-order valence-corrected chi connectivity index (χ0v) is 27.9. The van der Waals surface area contributed by atoms with Gasteiger partial charge in [-0.3, -0.25) is 13.9 Å². The topological polar surface area (TPSA) is 86.8 Å². The standard InChI is InChI=1S/C36H40ClN3O4S/c1-26-12-11-17-31(22-26)40(45(43,44)32-20-18-30(37)19-21-32)25-34(41)39(24-29-16-10-9-13-27(29)2)33(35(42)38-36(3,4)5)23-28-14-7-6-8-15-28/h6-22,33H,23-25H2,1-5H3,(H,38,42)/t33-/m0/s1. The van der Waals surface area contributed by atoms with Gasteiger partial charge in [0.15, 0.2) is 0 Å². The van der Waals surface area contributed by atoms with Gasteiger partial charge in [-0.2, -0.15) is 0 Å². The third-order valence-corrected chi connectivity index (χ3v) is 9.38. The maximum absolute atomic E-state index is 14.6. The number of benzene rings is 4. The molecule has 0 aliphatic carbocycles. The van der Waals surface area contributed by atoms with E-state index < -0.39 is 34.1 Å². The molecule has 0 radical (unpaired) electrons. The van der Waals surface area contributed by atoms with Crippen LogP contribution in [-0.4, -0.2) is 43.3 Å². The second kappa shape index (κ2) is 14.3. The van der Waals surface area contributed by atoms with Gasteiger partial charge in [0.25, 0.3) is 10.0 Å².